The van der Waals surface area contributed by atoms with E-state index in [4.69, 9.17) is 4.99 Å². The molecule has 162 valence electrons. The monoisotopic (exact) mass is 417 g/mol. The fraction of sp³-hybridized carbons (Fsp3) is 0.783. The highest BCUT2D eigenvalue weighted by atomic mass is 32.1. The average molecular weight is 418 g/mol. The van der Waals surface area contributed by atoms with Crippen LogP contribution in [0.3, 0.4) is 0 Å². The van der Waals surface area contributed by atoms with E-state index in [2.05, 4.69) is 51.9 Å². The first-order valence-corrected chi connectivity index (χ1v) is 12.6. The topological polar surface area (TPSA) is 42.9 Å². The van der Waals surface area contributed by atoms with Gasteiger partial charge in [0.15, 0.2) is 5.96 Å². The van der Waals surface area contributed by atoms with Gasteiger partial charge in [-0.3, -0.25) is 14.8 Å². The van der Waals surface area contributed by atoms with Gasteiger partial charge in [-0.1, -0.05) is 18.9 Å². The average Bonchev–Trinajstić information content (AvgIpc) is 3.48. The number of nitrogens with zero attached hydrogens (tertiary/aromatic N) is 3. The molecule has 3 heterocycles. The van der Waals surface area contributed by atoms with Gasteiger partial charge in [-0.2, -0.15) is 0 Å². The van der Waals surface area contributed by atoms with Gasteiger partial charge in [-0.15, -0.1) is 11.3 Å². The zero-order valence-corrected chi connectivity index (χ0v) is 19.1. The fourth-order valence-electron chi connectivity index (χ4n) is 5.59. The lowest BCUT2D eigenvalue weighted by atomic mass is 9.88. The van der Waals surface area contributed by atoms with Crippen LogP contribution in [0.25, 0.3) is 0 Å². The molecule has 1 aromatic heterocycles. The predicted octanol–water partition coefficient (Wildman–Crippen LogP) is 3.70. The number of guanidine groups is 1. The minimum absolute atomic E-state index is 0.514. The van der Waals surface area contributed by atoms with Gasteiger partial charge in [-0.25, -0.2) is 0 Å². The Morgan fingerprint density at radius 3 is 2.79 bits per heavy atom. The highest BCUT2D eigenvalue weighted by molar-refractivity contribution is 7.10. The molecule has 3 atom stereocenters. The SMILES string of the molecule is CCNC(=NCC1CCCN(C)C1c1cccs1)NC1CCN(C2CCCC2)C1. The fourth-order valence-corrected chi connectivity index (χ4v) is 6.57. The maximum atomic E-state index is 5.07. The summed E-state index contributed by atoms with van der Waals surface area (Å²) in [6.45, 7) is 7.61. The maximum Gasteiger partial charge on any atom is 0.191 e. The van der Waals surface area contributed by atoms with Gasteiger partial charge < -0.3 is 10.6 Å². The van der Waals surface area contributed by atoms with Crippen molar-refractivity contribution in [2.75, 3.05) is 39.8 Å². The van der Waals surface area contributed by atoms with Crippen LogP contribution in [0.15, 0.2) is 22.5 Å². The molecule has 1 saturated carbocycles. The summed E-state index contributed by atoms with van der Waals surface area (Å²) in [5.74, 6) is 1.62. The van der Waals surface area contributed by atoms with Crippen LogP contribution < -0.4 is 10.6 Å². The van der Waals surface area contributed by atoms with Crippen LogP contribution in [0, 0.1) is 5.92 Å². The molecule has 4 rings (SSSR count). The number of likely N-dealkylation sites (tertiary alicyclic amines) is 2. The van der Waals surface area contributed by atoms with E-state index in [9.17, 15) is 0 Å². The predicted molar refractivity (Wildman–Crippen MR) is 124 cm³/mol. The van der Waals surface area contributed by atoms with Crippen molar-refractivity contribution < 1.29 is 0 Å². The Kier molecular flexibility index (Phi) is 7.49. The second-order valence-corrected chi connectivity index (χ2v) is 10.1. The second-order valence-electron chi connectivity index (χ2n) is 9.13. The van der Waals surface area contributed by atoms with Crippen molar-refractivity contribution in [3.05, 3.63) is 22.4 Å². The lowest BCUT2D eigenvalue weighted by molar-refractivity contribution is 0.128. The molecule has 6 heteroatoms. The van der Waals surface area contributed by atoms with Crippen molar-refractivity contribution in [2.24, 2.45) is 10.9 Å². The highest BCUT2D eigenvalue weighted by Crippen LogP contribution is 2.37. The quantitative estimate of drug-likeness (QED) is 0.547. The van der Waals surface area contributed by atoms with Gasteiger partial charge in [0.05, 0.1) is 0 Å². The first-order valence-electron chi connectivity index (χ1n) is 11.8. The van der Waals surface area contributed by atoms with E-state index in [1.54, 1.807) is 0 Å². The van der Waals surface area contributed by atoms with Gasteiger partial charge in [0, 0.05) is 49.2 Å². The first kappa shape index (κ1) is 21.1. The van der Waals surface area contributed by atoms with E-state index in [0.717, 1.165) is 25.1 Å². The van der Waals surface area contributed by atoms with Crippen molar-refractivity contribution in [1.82, 2.24) is 20.4 Å². The lowest BCUT2D eigenvalue weighted by Gasteiger charge is -2.38. The van der Waals surface area contributed by atoms with Crippen LogP contribution in [-0.4, -0.2) is 67.6 Å². The normalized spacial score (nSPS) is 30.1. The van der Waals surface area contributed by atoms with Crippen LogP contribution in [0.2, 0.25) is 0 Å². The van der Waals surface area contributed by atoms with Crippen LogP contribution in [0.4, 0.5) is 0 Å². The van der Waals surface area contributed by atoms with Crippen molar-refractivity contribution in [1.29, 1.82) is 0 Å². The highest BCUT2D eigenvalue weighted by Gasteiger charge is 2.32. The first-order chi connectivity index (χ1) is 14.2. The largest absolute Gasteiger partial charge is 0.357 e. The third-order valence-electron chi connectivity index (χ3n) is 7.07. The Morgan fingerprint density at radius 1 is 1.17 bits per heavy atom. The van der Waals surface area contributed by atoms with Gasteiger partial charge in [0.1, 0.15) is 0 Å². The van der Waals surface area contributed by atoms with Gasteiger partial charge in [-0.05, 0) is 70.0 Å². The van der Waals surface area contributed by atoms with E-state index >= 15 is 0 Å². The minimum Gasteiger partial charge on any atom is -0.357 e. The molecule has 29 heavy (non-hydrogen) atoms. The maximum absolute atomic E-state index is 5.07. The summed E-state index contributed by atoms with van der Waals surface area (Å²) in [5, 5.41) is 9.47. The molecule has 0 bridgehead atoms. The van der Waals surface area contributed by atoms with E-state index < -0.39 is 0 Å². The smallest absolute Gasteiger partial charge is 0.191 e. The molecule has 0 amide bonds. The van der Waals surface area contributed by atoms with E-state index in [0.29, 0.717) is 18.0 Å². The zero-order chi connectivity index (χ0) is 20.1. The molecule has 2 aliphatic heterocycles. The molecule has 1 aliphatic carbocycles. The Balaban J connectivity index is 1.36. The third kappa shape index (κ3) is 5.33. The number of hydrogen-bond acceptors (Lipinski definition) is 4. The molecule has 1 aromatic rings. The van der Waals surface area contributed by atoms with Gasteiger partial charge in [0.25, 0.3) is 0 Å². The summed E-state index contributed by atoms with van der Waals surface area (Å²) in [5.41, 5.74) is 0. The van der Waals surface area contributed by atoms with E-state index in [1.807, 2.05) is 11.3 Å². The van der Waals surface area contributed by atoms with Gasteiger partial charge in [0.2, 0.25) is 0 Å². The van der Waals surface area contributed by atoms with Crippen LogP contribution in [-0.2, 0) is 0 Å². The summed E-state index contributed by atoms with van der Waals surface area (Å²) < 4.78 is 0. The van der Waals surface area contributed by atoms with E-state index in [-0.39, 0.29) is 0 Å². The summed E-state index contributed by atoms with van der Waals surface area (Å²) >= 11 is 1.89. The minimum atomic E-state index is 0.514. The molecule has 0 aromatic carbocycles. The molecule has 0 radical (unpaired) electrons. The third-order valence-corrected chi connectivity index (χ3v) is 8.01. The van der Waals surface area contributed by atoms with Crippen molar-refractivity contribution in [2.45, 2.75) is 70.0 Å². The van der Waals surface area contributed by atoms with Gasteiger partial charge >= 0.3 is 0 Å². The summed E-state index contributed by atoms with van der Waals surface area (Å²) in [7, 11) is 2.28. The van der Waals surface area contributed by atoms with Crippen LogP contribution >= 0.6 is 11.3 Å². The number of rotatable bonds is 6. The number of piperidine rings is 1. The number of nitrogens with one attached hydrogen (secondary N) is 2. The van der Waals surface area contributed by atoms with Crippen LogP contribution in [0.1, 0.15) is 62.8 Å². The number of hydrogen-bond donors (Lipinski definition) is 2. The number of thiophene rings is 1. The van der Waals surface area contributed by atoms with Crippen LogP contribution in [0.5, 0.6) is 0 Å². The molecule has 5 nitrogen and oxygen atoms in total. The molecule has 2 saturated heterocycles. The molecular weight excluding hydrogens is 378 g/mol. The van der Waals surface area contributed by atoms with Crippen molar-refractivity contribution in [3.63, 3.8) is 0 Å². The standard InChI is InChI=1S/C23H39N5S/c1-3-24-23(26-19-12-14-28(17-19)20-9-4-5-10-20)25-16-18-8-6-13-27(2)22(18)21-11-7-15-29-21/h7,11,15,18-20,22H,3-6,8-10,12-14,16-17H2,1-2H3,(H2,24,25,26). The Hall–Kier alpha value is -1.11. The molecule has 0 spiro atoms. The lowest BCUT2D eigenvalue weighted by Crippen LogP contribution is -2.46. The molecular formula is C23H39N5S. The molecule has 3 unspecified atom stereocenters. The molecule has 3 aliphatic rings. The second kappa shape index (κ2) is 10.3. The Labute approximate surface area is 181 Å². The summed E-state index contributed by atoms with van der Waals surface area (Å²) in [4.78, 5) is 11.8. The van der Waals surface area contributed by atoms with E-state index in [1.165, 1.54) is 69.5 Å². The molecule has 3 fully saturated rings. The number of aliphatic imine (C=N–C) groups is 1. The van der Waals surface area contributed by atoms with Crippen molar-refractivity contribution >= 4 is 17.3 Å². The summed E-state index contributed by atoms with van der Waals surface area (Å²) in [6.07, 6.45) is 9.44. The zero-order valence-electron chi connectivity index (χ0n) is 18.3. The summed E-state index contributed by atoms with van der Waals surface area (Å²) in [6, 6.07) is 6.37. The molecule has 2 N–H and O–H groups in total. The van der Waals surface area contributed by atoms with Crippen molar-refractivity contribution in [3.8, 4) is 0 Å². The Morgan fingerprint density at radius 2 is 2.03 bits per heavy atom. The Bertz CT molecular complexity index is 640.